The van der Waals surface area contributed by atoms with Gasteiger partial charge in [0.1, 0.15) is 29.4 Å². The van der Waals surface area contributed by atoms with Gasteiger partial charge in [-0.3, -0.25) is 0 Å². The Balaban J connectivity index is 1.42. The van der Waals surface area contributed by atoms with E-state index in [2.05, 4.69) is 73.4 Å². The van der Waals surface area contributed by atoms with Crippen molar-refractivity contribution in [3.63, 3.8) is 0 Å². The molecule has 0 aliphatic carbocycles. The highest BCUT2D eigenvalue weighted by atomic mass is 32.1. The smallest absolute Gasteiger partial charge is 0.172 e. The summed E-state index contributed by atoms with van der Waals surface area (Å²) in [5, 5.41) is 29.5. The van der Waals surface area contributed by atoms with Crippen LogP contribution in [0.2, 0.25) is 0 Å². The molecular weight excluding hydrogens is 545 g/mol. The van der Waals surface area contributed by atoms with Crippen LogP contribution in [0.15, 0.2) is 77.1 Å². The van der Waals surface area contributed by atoms with Crippen molar-refractivity contribution in [2.75, 3.05) is 18.0 Å². The number of benzene rings is 1. The largest absolute Gasteiger partial charge is 0.480 e. The van der Waals surface area contributed by atoms with Gasteiger partial charge in [-0.05, 0) is 81.3 Å². The third kappa shape index (κ3) is 6.94. The molecule has 4 rings (SSSR count). The molecular formula is C34H30N4OS2. The lowest BCUT2D eigenvalue weighted by molar-refractivity contribution is 0.0954. The first-order chi connectivity index (χ1) is 19.8. The Morgan fingerprint density at radius 2 is 1.27 bits per heavy atom. The van der Waals surface area contributed by atoms with Gasteiger partial charge in [0.05, 0.1) is 5.00 Å². The van der Waals surface area contributed by atoms with Crippen molar-refractivity contribution in [2.24, 2.45) is 0 Å². The summed E-state index contributed by atoms with van der Waals surface area (Å²) in [7, 11) is 0. The molecule has 0 bridgehead atoms. The summed E-state index contributed by atoms with van der Waals surface area (Å²) in [5.74, 6) is 0.0470. The van der Waals surface area contributed by atoms with Gasteiger partial charge in [-0.2, -0.15) is 15.8 Å². The summed E-state index contributed by atoms with van der Waals surface area (Å²) in [5.41, 5.74) is 1.86. The fourth-order valence-corrected chi connectivity index (χ4v) is 6.26. The maximum absolute atomic E-state index is 9.70. The molecule has 0 saturated carbocycles. The molecule has 204 valence electrons. The number of anilines is 1. The SMILES string of the molecule is CCN(CC)c1ccc(/C=C/c2ccc(/C=C/c3ccc(/C=C/C4=C(C#N)C(=C(C#N)C#N)OC4(C)C)cc3)s2)s1. The molecule has 0 spiro atoms. The molecule has 1 aliphatic heterocycles. The molecule has 0 atom stereocenters. The van der Waals surface area contributed by atoms with E-state index < -0.39 is 5.60 Å². The topological polar surface area (TPSA) is 83.8 Å². The number of nitrogens with zero attached hydrogens (tertiary/aromatic N) is 4. The quantitative estimate of drug-likeness (QED) is 0.238. The lowest BCUT2D eigenvalue weighted by Gasteiger charge is -2.20. The van der Waals surface area contributed by atoms with Crippen LogP contribution < -0.4 is 4.90 Å². The van der Waals surface area contributed by atoms with Crippen molar-refractivity contribution in [3.8, 4) is 18.2 Å². The van der Waals surface area contributed by atoms with E-state index in [0.29, 0.717) is 5.57 Å². The average molecular weight is 575 g/mol. The minimum Gasteiger partial charge on any atom is -0.480 e. The molecule has 1 aromatic carbocycles. The van der Waals surface area contributed by atoms with E-state index in [-0.39, 0.29) is 16.9 Å². The van der Waals surface area contributed by atoms with Crippen LogP contribution in [-0.2, 0) is 4.74 Å². The zero-order valence-electron chi connectivity index (χ0n) is 23.5. The Morgan fingerprint density at radius 3 is 1.80 bits per heavy atom. The van der Waals surface area contributed by atoms with E-state index in [1.807, 2.05) is 73.7 Å². The summed E-state index contributed by atoms with van der Waals surface area (Å²) in [6.07, 6.45) is 12.3. The van der Waals surface area contributed by atoms with Crippen LogP contribution in [-0.4, -0.2) is 18.7 Å². The molecule has 0 radical (unpaired) electrons. The highest BCUT2D eigenvalue weighted by Crippen LogP contribution is 2.40. The van der Waals surface area contributed by atoms with Crippen LogP contribution in [0.4, 0.5) is 5.00 Å². The number of rotatable bonds is 9. The molecule has 0 saturated heterocycles. The minimum atomic E-state index is -0.828. The first kappa shape index (κ1) is 29.4. The molecule has 41 heavy (non-hydrogen) atoms. The molecule has 0 N–H and O–H groups in total. The maximum Gasteiger partial charge on any atom is 0.172 e. The summed E-state index contributed by atoms with van der Waals surface area (Å²) < 4.78 is 5.82. The standard InChI is InChI=1S/C34H30N4OS2/c1-5-38(6-2)32-20-18-29(41-32)17-16-28-15-14-27(40-28)13-11-24-7-9-25(10-8-24)12-19-31-30(23-37)33(26(21-35)22-36)39-34(31,3)4/h7-20H,5-6H2,1-4H3/b13-11+,17-16+,19-12+. The van der Waals surface area contributed by atoms with Gasteiger partial charge in [0.2, 0.25) is 0 Å². The first-order valence-corrected chi connectivity index (χ1v) is 14.9. The van der Waals surface area contributed by atoms with Crippen LogP contribution in [0.5, 0.6) is 0 Å². The van der Waals surface area contributed by atoms with Gasteiger partial charge in [-0.15, -0.1) is 22.7 Å². The summed E-state index contributed by atoms with van der Waals surface area (Å²) in [4.78, 5) is 6.01. The fraction of sp³-hybridized carbons (Fsp3) is 0.206. The van der Waals surface area contributed by atoms with Gasteiger partial charge < -0.3 is 9.64 Å². The van der Waals surface area contributed by atoms with Gasteiger partial charge >= 0.3 is 0 Å². The van der Waals surface area contributed by atoms with Crippen molar-refractivity contribution in [1.82, 2.24) is 0 Å². The van der Waals surface area contributed by atoms with E-state index in [4.69, 9.17) is 4.74 Å². The predicted octanol–water partition coefficient (Wildman–Crippen LogP) is 8.94. The summed E-state index contributed by atoms with van der Waals surface area (Å²) >= 11 is 3.56. The van der Waals surface area contributed by atoms with Crippen LogP contribution in [0, 0.1) is 34.0 Å². The fourth-order valence-electron chi connectivity index (χ4n) is 4.41. The second kappa shape index (κ2) is 13.2. The predicted molar refractivity (Wildman–Crippen MR) is 172 cm³/mol. The molecule has 7 heteroatoms. The summed E-state index contributed by atoms with van der Waals surface area (Å²) in [6.45, 7) is 10.0. The van der Waals surface area contributed by atoms with Crippen LogP contribution in [0.3, 0.4) is 0 Å². The Kier molecular flexibility index (Phi) is 9.43. The number of hydrogen-bond acceptors (Lipinski definition) is 7. The Bertz CT molecular complexity index is 1670. The minimum absolute atomic E-state index is 0.0470. The van der Waals surface area contributed by atoms with Gasteiger partial charge in [0.25, 0.3) is 0 Å². The number of thiophene rings is 2. The molecule has 0 unspecified atom stereocenters. The van der Waals surface area contributed by atoms with Crippen molar-refractivity contribution in [3.05, 3.63) is 103 Å². The number of nitriles is 3. The third-order valence-electron chi connectivity index (χ3n) is 6.63. The van der Waals surface area contributed by atoms with E-state index >= 15 is 0 Å². The number of allylic oxidation sites excluding steroid dienone is 2. The summed E-state index contributed by atoms with van der Waals surface area (Å²) in [6, 6.07) is 22.5. The molecule has 0 amide bonds. The second-order valence-corrected chi connectivity index (χ2v) is 11.9. The third-order valence-corrected chi connectivity index (χ3v) is 8.76. The Labute approximate surface area is 250 Å². The average Bonchev–Trinajstić information content (AvgIpc) is 3.69. The van der Waals surface area contributed by atoms with Crippen molar-refractivity contribution >= 4 is 58.1 Å². The molecule has 1 aliphatic rings. The Morgan fingerprint density at radius 1 is 0.756 bits per heavy atom. The molecule has 5 nitrogen and oxygen atoms in total. The molecule has 3 heterocycles. The molecule has 2 aromatic heterocycles. The second-order valence-electron chi connectivity index (χ2n) is 9.70. The van der Waals surface area contributed by atoms with Crippen LogP contribution in [0.1, 0.15) is 53.5 Å². The van der Waals surface area contributed by atoms with Crippen molar-refractivity contribution in [1.29, 1.82) is 15.8 Å². The van der Waals surface area contributed by atoms with Crippen molar-refractivity contribution in [2.45, 2.75) is 33.3 Å². The first-order valence-electron chi connectivity index (χ1n) is 13.3. The van der Waals surface area contributed by atoms with E-state index in [9.17, 15) is 15.8 Å². The molecule has 3 aromatic rings. The van der Waals surface area contributed by atoms with E-state index in [1.54, 1.807) is 11.3 Å². The van der Waals surface area contributed by atoms with Crippen molar-refractivity contribution < 1.29 is 4.74 Å². The maximum atomic E-state index is 9.70. The lowest BCUT2D eigenvalue weighted by atomic mass is 9.94. The zero-order chi connectivity index (χ0) is 29.4. The lowest BCUT2D eigenvalue weighted by Crippen LogP contribution is -2.20. The normalized spacial score (nSPS) is 14.4. The molecule has 0 fully saturated rings. The Hall–Kier alpha value is -4.61. The van der Waals surface area contributed by atoms with Gasteiger partial charge in [0, 0.05) is 33.3 Å². The van der Waals surface area contributed by atoms with Crippen LogP contribution in [0.25, 0.3) is 30.4 Å². The van der Waals surface area contributed by atoms with Crippen LogP contribution >= 0.6 is 22.7 Å². The van der Waals surface area contributed by atoms with Gasteiger partial charge in [-0.1, -0.05) is 42.5 Å². The highest BCUT2D eigenvalue weighted by molar-refractivity contribution is 7.17. The van der Waals surface area contributed by atoms with Gasteiger partial charge in [0.15, 0.2) is 11.3 Å². The monoisotopic (exact) mass is 574 g/mol. The van der Waals surface area contributed by atoms with Gasteiger partial charge in [-0.25, -0.2) is 0 Å². The number of hydrogen-bond donors (Lipinski definition) is 0. The van der Waals surface area contributed by atoms with E-state index in [1.165, 1.54) is 19.6 Å². The highest BCUT2D eigenvalue weighted by Gasteiger charge is 2.38. The number of ether oxygens (including phenoxy) is 1. The zero-order valence-corrected chi connectivity index (χ0v) is 25.1. The van der Waals surface area contributed by atoms with E-state index in [0.717, 1.165) is 24.2 Å².